The number of rotatable bonds is 8. The third kappa shape index (κ3) is 3.78. The summed E-state index contributed by atoms with van der Waals surface area (Å²) in [6, 6.07) is 0. The van der Waals surface area contributed by atoms with Crippen LogP contribution in [0.5, 0.6) is 0 Å². The highest BCUT2D eigenvalue weighted by Crippen LogP contribution is 2.62. The zero-order chi connectivity index (χ0) is 25.2. The molecule has 0 spiro atoms. The topological polar surface area (TPSA) is 170 Å². The van der Waals surface area contributed by atoms with Crippen molar-refractivity contribution in [2.45, 2.75) is 27.7 Å². The maximum atomic E-state index is 12.8. The fourth-order valence-corrected chi connectivity index (χ4v) is 5.81. The molecule has 0 heterocycles. The van der Waals surface area contributed by atoms with Gasteiger partial charge >= 0.3 is 23.9 Å². The first kappa shape index (κ1) is 25.4. The lowest BCUT2D eigenvalue weighted by atomic mass is 9.39. The van der Waals surface area contributed by atoms with Crippen molar-refractivity contribution in [2.75, 3.05) is 26.4 Å². The largest absolute Gasteiger partial charge is 0.466 e. The zero-order valence-corrected chi connectivity index (χ0v) is 19.5. The number of carbonyl (C=O) groups is 4. The maximum Gasteiger partial charge on any atom is 0.310 e. The molecule has 8 atom stereocenters. The molecular formula is C22H30N2O10. The molecule has 3 aliphatic rings. The van der Waals surface area contributed by atoms with Crippen LogP contribution >= 0.6 is 0 Å². The summed E-state index contributed by atoms with van der Waals surface area (Å²) in [5, 5.41) is 26.7. The van der Waals surface area contributed by atoms with E-state index in [-0.39, 0.29) is 37.9 Å². The smallest absolute Gasteiger partial charge is 0.310 e. The molecule has 0 unspecified atom stereocenters. The molecule has 3 fully saturated rings. The molecular weight excluding hydrogens is 452 g/mol. The fraction of sp³-hybridized carbons (Fsp3) is 0.727. The van der Waals surface area contributed by atoms with Crippen molar-refractivity contribution in [3.8, 4) is 0 Å². The summed E-state index contributed by atoms with van der Waals surface area (Å²) in [5.74, 6) is -10.6. The van der Waals surface area contributed by atoms with Gasteiger partial charge in [-0.15, -0.1) is 0 Å². The zero-order valence-electron chi connectivity index (χ0n) is 19.5. The standard InChI is InChI=1S/C22H30N2O10/c1-5-31-19(25)13-9-10(14(13)20(26)32-6-2)18(24-30)12-11(17(9)23-29)15(21(27)33-7-3)16(12)22(28)34-8-4/h9-16,29-30H,5-8H2,1-4H3/t9-,10-,11-,12+,13+,14-,15+,16+/m1/s1. The fourth-order valence-electron chi connectivity index (χ4n) is 5.81. The Morgan fingerprint density at radius 1 is 0.559 bits per heavy atom. The van der Waals surface area contributed by atoms with Gasteiger partial charge in [-0.05, 0) is 27.7 Å². The highest BCUT2D eigenvalue weighted by Gasteiger charge is 2.74. The lowest BCUT2D eigenvalue weighted by molar-refractivity contribution is -0.181. The Morgan fingerprint density at radius 2 is 0.765 bits per heavy atom. The van der Waals surface area contributed by atoms with Gasteiger partial charge in [0.1, 0.15) is 0 Å². The van der Waals surface area contributed by atoms with Crippen LogP contribution in [0.15, 0.2) is 10.3 Å². The van der Waals surface area contributed by atoms with Crippen LogP contribution in [0.3, 0.4) is 0 Å². The number of esters is 4. The summed E-state index contributed by atoms with van der Waals surface area (Å²) in [7, 11) is 0. The van der Waals surface area contributed by atoms with Crippen LogP contribution in [0.1, 0.15) is 27.7 Å². The second-order valence-corrected chi connectivity index (χ2v) is 8.26. The average molecular weight is 482 g/mol. The lowest BCUT2D eigenvalue weighted by Gasteiger charge is -2.61. The summed E-state index contributed by atoms with van der Waals surface area (Å²) < 4.78 is 20.6. The van der Waals surface area contributed by atoms with E-state index >= 15 is 0 Å². The van der Waals surface area contributed by atoms with Crippen molar-refractivity contribution in [3.63, 3.8) is 0 Å². The Bertz CT molecular complexity index is 764. The van der Waals surface area contributed by atoms with Crippen LogP contribution in [0.4, 0.5) is 0 Å². The van der Waals surface area contributed by atoms with E-state index in [1.54, 1.807) is 27.7 Å². The molecule has 12 nitrogen and oxygen atoms in total. The van der Waals surface area contributed by atoms with Gasteiger partial charge in [0.2, 0.25) is 0 Å². The normalized spacial score (nSPS) is 35.8. The third-order valence-electron chi connectivity index (χ3n) is 6.93. The highest BCUT2D eigenvalue weighted by atomic mass is 16.5. The molecule has 0 aromatic heterocycles. The van der Waals surface area contributed by atoms with E-state index < -0.39 is 71.2 Å². The predicted octanol–water partition coefficient (Wildman–Crippen LogP) is 0.870. The molecule has 34 heavy (non-hydrogen) atoms. The van der Waals surface area contributed by atoms with Crippen molar-refractivity contribution in [1.29, 1.82) is 0 Å². The Balaban J connectivity index is 2.10. The minimum absolute atomic E-state index is 0.0528. The van der Waals surface area contributed by atoms with E-state index in [1.165, 1.54) is 0 Å². The summed E-state index contributed by atoms with van der Waals surface area (Å²) >= 11 is 0. The van der Waals surface area contributed by atoms with E-state index in [4.69, 9.17) is 18.9 Å². The van der Waals surface area contributed by atoms with Crippen LogP contribution in [-0.2, 0) is 38.1 Å². The third-order valence-corrected chi connectivity index (χ3v) is 6.93. The van der Waals surface area contributed by atoms with Gasteiger partial charge in [0.05, 0.1) is 61.5 Å². The van der Waals surface area contributed by atoms with Gasteiger partial charge in [-0.2, -0.15) is 0 Å². The van der Waals surface area contributed by atoms with Gasteiger partial charge < -0.3 is 29.4 Å². The van der Waals surface area contributed by atoms with Gasteiger partial charge in [0.25, 0.3) is 0 Å². The van der Waals surface area contributed by atoms with E-state index in [0.717, 1.165) is 0 Å². The number of hydrogen-bond donors (Lipinski definition) is 2. The van der Waals surface area contributed by atoms with Crippen molar-refractivity contribution < 1.29 is 48.5 Å². The Labute approximate surface area is 196 Å². The lowest BCUT2D eigenvalue weighted by Crippen LogP contribution is -2.73. The van der Waals surface area contributed by atoms with Crippen molar-refractivity contribution in [1.82, 2.24) is 0 Å². The van der Waals surface area contributed by atoms with Crippen molar-refractivity contribution in [3.05, 3.63) is 0 Å². The average Bonchev–Trinajstić information content (AvgIpc) is 2.76. The van der Waals surface area contributed by atoms with Crippen LogP contribution < -0.4 is 0 Å². The van der Waals surface area contributed by atoms with Crippen molar-refractivity contribution >= 4 is 35.3 Å². The molecule has 2 N–H and O–H groups in total. The van der Waals surface area contributed by atoms with Crippen LogP contribution in [-0.4, -0.2) is 72.1 Å². The summed E-state index contributed by atoms with van der Waals surface area (Å²) in [6.07, 6.45) is 0. The van der Waals surface area contributed by atoms with Gasteiger partial charge in [-0.25, -0.2) is 0 Å². The highest BCUT2D eigenvalue weighted by molar-refractivity contribution is 6.15. The minimum atomic E-state index is -1.07. The number of fused-ring (bicyclic) bond motifs is 2. The first-order valence-corrected chi connectivity index (χ1v) is 11.4. The molecule has 0 radical (unpaired) electrons. The van der Waals surface area contributed by atoms with Crippen LogP contribution in [0, 0.1) is 47.3 Å². The molecule has 0 bridgehead atoms. The molecule has 0 aliphatic heterocycles. The number of hydrogen-bond acceptors (Lipinski definition) is 12. The first-order chi connectivity index (χ1) is 16.3. The van der Waals surface area contributed by atoms with Gasteiger partial charge in [0, 0.05) is 23.7 Å². The molecule has 0 saturated heterocycles. The summed E-state index contributed by atoms with van der Waals surface area (Å²) in [4.78, 5) is 51.2. The Morgan fingerprint density at radius 3 is 0.912 bits per heavy atom. The number of nitrogens with zero attached hydrogens (tertiary/aromatic N) is 2. The van der Waals surface area contributed by atoms with Gasteiger partial charge in [-0.3, -0.25) is 19.2 Å². The molecule has 3 rings (SSSR count). The minimum Gasteiger partial charge on any atom is -0.466 e. The summed E-state index contributed by atoms with van der Waals surface area (Å²) in [6.45, 7) is 6.65. The quantitative estimate of drug-likeness (QED) is 0.219. The molecule has 188 valence electrons. The van der Waals surface area contributed by atoms with E-state index in [2.05, 4.69) is 10.3 Å². The molecule has 3 aliphatic carbocycles. The molecule has 3 saturated carbocycles. The maximum absolute atomic E-state index is 12.8. The molecule has 0 aromatic carbocycles. The monoisotopic (exact) mass is 482 g/mol. The van der Waals surface area contributed by atoms with E-state index in [0.29, 0.717) is 0 Å². The molecule has 12 heteroatoms. The second-order valence-electron chi connectivity index (χ2n) is 8.26. The first-order valence-electron chi connectivity index (χ1n) is 11.4. The second kappa shape index (κ2) is 10.4. The Kier molecular flexibility index (Phi) is 7.78. The number of carbonyl (C=O) groups excluding carboxylic acids is 4. The van der Waals surface area contributed by atoms with Gasteiger partial charge in [-0.1, -0.05) is 10.3 Å². The van der Waals surface area contributed by atoms with E-state index in [9.17, 15) is 29.6 Å². The number of ether oxygens (including phenoxy) is 4. The predicted molar refractivity (Wildman–Crippen MR) is 113 cm³/mol. The molecule has 0 aromatic rings. The Hall–Kier alpha value is -3.18. The number of oxime groups is 2. The SMILES string of the molecule is CCOC(=O)[C@@H]1[C@@H](C(=O)OCC)[C@@H]2C(=NO)[C@H]3[C@H](C(=O)OCC)[C@H](C(=O)OCC)[C@@H]3C(=NO)[C@H]12. The molecule has 0 amide bonds. The van der Waals surface area contributed by atoms with E-state index in [1.807, 2.05) is 0 Å². The van der Waals surface area contributed by atoms with Gasteiger partial charge in [0.15, 0.2) is 0 Å². The van der Waals surface area contributed by atoms with Crippen LogP contribution in [0.25, 0.3) is 0 Å². The van der Waals surface area contributed by atoms with Crippen molar-refractivity contribution in [2.24, 2.45) is 57.7 Å². The van der Waals surface area contributed by atoms with Crippen LogP contribution in [0.2, 0.25) is 0 Å². The summed E-state index contributed by atoms with van der Waals surface area (Å²) in [5.41, 5.74) is 0.110.